The number of nitrogens with zero attached hydrogens (tertiary/aromatic N) is 2. The van der Waals surface area contributed by atoms with Gasteiger partial charge in [0.1, 0.15) is 11.6 Å². The van der Waals surface area contributed by atoms with Crippen LogP contribution < -0.4 is 5.73 Å². The Kier molecular flexibility index (Phi) is 1.94. The Morgan fingerprint density at radius 1 is 1.50 bits per heavy atom. The molecule has 0 saturated heterocycles. The summed E-state index contributed by atoms with van der Waals surface area (Å²) >= 11 is 0. The fraction of sp³-hybridized carbons (Fsp3) is 0.625. The molecule has 1 unspecified atom stereocenters. The van der Waals surface area contributed by atoms with Gasteiger partial charge >= 0.3 is 6.18 Å². The van der Waals surface area contributed by atoms with Gasteiger partial charge in [-0.15, -0.1) is 0 Å². The van der Waals surface area contributed by atoms with E-state index in [1.807, 2.05) is 0 Å². The van der Waals surface area contributed by atoms with Crippen molar-refractivity contribution in [1.29, 1.82) is 0 Å². The van der Waals surface area contributed by atoms with Gasteiger partial charge in [-0.2, -0.15) is 13.2 Å². The lowest BCUT2D eigenvalue weighted by Gasteiger charge is -2.24. The van der Waals surface area contributed by atoms with Crippen molar-refractivity contribution in [3.8, 4) is 0 Å². The third-order valence-corrected chi connectivity index (χ3v) is 2.49. The molecule has 1 aromatic heterocycles. The second-order valence-corrected chi connectivity index (χ2v) is 3.51. The van der Waals surface area contributed by atoms with Crippen molar-refractivity contribution >= 4 is 5.82 Å². The van der Waals surface area contributed by atoms with E-state index in [9.17, 15) is 13.2 Å². The SMILES string of the molecule is Nc1cn2c(n1)CC(C(F)(F)F)CC2. The molecule has 2 heterocycles. The van der Waals surface area contributed by atoms with Crippen LogP contribution in [0.3, 0.4) is 0 Å². The molecule has 0 aliphatic carbocycles. The van der Waals surface area contributed by atoms with Crippen molar-refractivity contribution in [2.24, 2.45) is 5.92 Å². The van der Waals surface area contributed by atoms with Crippen molar-refractivity contribution < 1.29 is 13.2 Å². The first kappa shape index (κ1) is 9.36. The molecule has 6 heteroatoms. The van der Waals surface area contributed by atoms with Crippen molar-refractivity contribution in [2.75, 3.05) is 5.73 Å². The minimum atomic E-state index is -4.12. The number of aromatic nitrogens is 2. The van der Waals surface area contributed by atoms with E-state index in [0.717, 1.165) is 0 Å². The van der Waals surface area contributed by atoms with Crippen molar-refractivity contribution in [3.63, 3.8) is 0 Å². The molecule has 0 radical (unpaired) electrons. The molecule has 2 N–H and O–H groups in total. The van der Waals surface area contributed by atoms with E-state index in [2.05, 4.69) is 4.98 Å². The largest absolute Gasteiger partial charge is 0.392 e. The number of aryl methyl sites for hydroxylation is 1. The molecule has 1 aliphatic heterocycles. The summed E-state index contributed by atoms with van der Waals surface area (Å²) in [6, 6.07) is 0. The predicted molar refractivity (Wildman–Crippen MR) is 44.5 cm³/mol. The van der Waals surface area contributed by atoms with Gasteiger partial charge < -0.3 is 10.3 Å². The van der Waals surface area contributed by atoms with E-state index in [1.54, 1.807) is 10.8 Å². The number of hydrogen-bond donors (Lipinski definition) is 1. The van der Waals surface area contributed by atoms with Gasteiger partial charge in [-0.25, -0.2) is 4.98 Å². The van der Waals surface area contributed by atoms with E-state index in [0.29, 0.717) is 18.2 Å². The van der Waals surface area contributed by atoms with Crippen LogP contribution in [-0.4, -0.2) is 15.7 Å². The third-order valence-electron chi connectivity index (χ3n) is 2.49. The molecular weight excluding hydrogens is 195 g/mol. The number of hydrogen-bond acceptors (Lipinski definition) is 2. The zero-order chi connectivity index (χ0) is 10.3. The second-order valence-electron chi connectivity index (χ2n) is 3.51. The zero-order valence-corrected chi connectivity index (χ0v) is 7.38. The van der Waals surface area contributed by atoms with Gasteiger partial charge in [0.2, 0.25) is 0 Å². The van der Waals surface area contributed by atoms with Gasteiger partial charge in [0.25, 0.3) is 0 Å². The maximum atomic E-state index is 12.4. The Balaban J connectivity index is 2.21. The van der Waals surface area contributed by atoms with Crippen LogP contribution in [0, 0.1) is 5.92 Å². The van der Waals surface area contributed by atoms with Crippen LogP contribution in [0.1, 0.15) is 12.2 Å². The first-order valence-corrected chi connectivity index (χ1v) is 4.35. The maximum absolute atomic E-state index is 12.4. The normalized spacial score (nSPS) is 22.1. The number of fused-ring (bicyclic) bond motifs is 1. The molecule has 78 valence electrons. The molecule has 1 aliphatic rings. The smallest absolute Gasteiger partial charge is 0.382 e. The fourth-order valence-corrected chi connectivity index (χ4v) is 1.73. The highest BCUT2D eigenvalue weighted by atomic mass is 19.4. The zero-order valence-electron chi connectivity index (χ0n) is 7.38. The number of nitrogens with two attached hydrogens (primary N) is 1. The summed E-state index contributed by atoms with van der Waals surface area (Å²) in [7, 11) is 0. The molecule has 0 bridgehead atoms. The van der Waals surface area contributed by atoms with Crippen molar-refractivity contribution in [3.05, 3.63) is 12.0 Å². The number of imidazole rings is 1. The standard InChI is InChI=1S/C8H10F3N3/c9-8(10,11)5-1-2-14-4-6(12)13-7(14)3-5/h4-5H,1-3,12H2. The van der Waals surface area contributed by atoms with Crippen LogP contribution in [0.2, 0.25) is 0 Å². The van der Waals surface area contributed by atoms with Gasteiger partial charge in [0, 0.05) is 19.2 Å². The van der Waals surface area contributed by atoms with Crippen LogP contribution >= 0.6 is 0 Å². The van der Waals surface area contributed by atoms with Crippen LogP contribution in [0.5, 0.6) is 0 Å². The summed E-state index contributed by atoms with van der Waals surface area (Å²) in [4.78, 5) is 3.86. The topological polar surface area (TPSA) is 43.8 Å². The summed E-state index contributed by atoms with van der Waals surface area (Å²) in [6.45, 7) is 0.351. The summed E-state index contributed by atoms with van der Waals surface area (Å²) < 4.78 is 38.8. The van der Waals surface area contributed by atoms with E-state index < -0.39 is 12.1 Å². The number of halogens is 3. The van der Waals surface area contributed by atoms with Gasteiger partial charge in [0.05, 0.1) is 5.92 Å². The van der Waals surface area contributed by atoms with Gasteiger partial charge in [-0.05, 0) is 6.42 Å². The number of nitrogen functional groups attached to an aromatic ring is 1. The number of anilines is 1. The second kappa shape index (κ2) is 2.90. The minimum Gasteiger partial charge on any atom is -0.382 e. The average molecular weight is 205 g/mol. The molecule has 0 aromatic carbocycles. The Hall–Kier alpha value is -1.20. The van der Waals surface area contributed by atoms with Crippen LogP contribution in [0.15, 0.2) is 6.20 Å². The molecule has 1 aromatic rings. The summed E-state index contributed by atoms with van der Waals surface area (Å²) in [6.07, 6.45) is -2.47. The molecule has 14 heavy (non-hydrogen) atoms. The Morgan fingerprint density at radius 2 is 2.21 bits per heavy atom. The van der Waals surface area contributed by atoms with Gasteiger partial charge in [0.15, 0.2) is 0 Å². The molecule has 3 nitrogen and oxygen atoms in total. The van der Waals surface area contributed by atoms with Crippen LogP contribution in [-0.2, 0) is 13.0 Å². The fourth-order valence-electron chi connectivity index (χ4n) is 1.73. The first-order valence-electron chi connectivity index (χ1n) is 4.35. The molecule has 0 amide bonds. The van der Waals surface area contributed by atoms with E-state index in [4.69, 9.17) is 5.73 Å². The van der Waals surface area contributed by atoms with Gasteiger partial charge in [-0.1, -0.05) is 0 Å². The lowest BCUT2D eigenvalue weighted by molar-refractivity contribution is -0.179. The highest BCUT2D eigenvalue weighted by Gasteiger charge is 2.41. The van der Waals surface area contributed by atoms with Crippen LogP contribution in [0.4, 0.5) is 19.0 Å². The predicted octanol–water partition coefficient (Wildman–Crippen LogP) is 1.59. The van der Waals surface area contributed by atoms with Crippen LogP contribution in [0.25, 0.3) is 0 Å². The molecule has 2 rings (SSSR count). The molecule has 1 atom stereocenters. The lowest BCUT2D eigenvalue weighted by Crippen LogP contribution is -2.31. The molecule has 0 spiro atoms. The van der Waals surface area contributed by atoms with E-state index in [1.165, 1.54) is 0 Å². The summed E-state index contributed by atoms with van der Waals surface area (Å²) in [5, 5.41) is 0. The third kappa shape index (κ3) is 1.56. The average Bonchev–Trinajstić information content (AvgIpc) is 2.41. The van der Waals surface area contributed by atoms with Crippen molar-refractivity contribution in [2.45, 2.75) is 25.6 Å². The maximum Gasteiger partial charge on any atom is 0.392 e. The Morgan fingerprint density at radius 3 is 2.86 bits per heavy atom. The van der Waals surface area contributed by atoms with E-state index in [-0.39, 0.29) is 12.8 Å². The highest BCUT2D eigenvalue weighted by Crippen LogP contribution is 2.34. The summed E-state index contributed by atoms with van der Waals surface area (Å²) in [5.41, 5.74) is 5.40. The first-order chi connectivity index (χ1) is 6.47. The van der Waals surface area contributed by atoms with E-state index >= 15 is 0 Å². The summed E-state index contributed by atoms with van der Waals surface area (Å²) in [5.74, 6) is -0.532. The molecule has 0 fully saturated rings. The minimum absolute atomic E-state index is 0.0549. The highest BCUT2D eigenvalue weighted by molar-refractivity contribution is 5.26. The Labute approximate surface area is 78.7 Å². The lowest BCUT2D eigenvalue weighted by atomic mass is 9.97. The monoisotopic (exact) mass is 205 g/mol. The molecular formula is C8H10F3N3. The van der Waals surface area contributed by atoms with Crippen molar-refractivity contribution in [1.82, 2.24) is 9.55 Å². The quantitative estimate of drug-likeness (QED) is 0.699. The number of rotatable bonds is 0. The molecule has 0 saturated carbocycles. The van der Waals surface area contributed by atoms with Gasteiger partial charge in [-0.3, -0.25) is 0 Å². The number of alkyl halides is 3. The Bertz CT molecular complexity index is 342.